The van der Waals surface area contributed by atoms with E-state index in [9.17, 15) is 4.79 Å². The van der Waals surface area contributed by atoms with E-state index in [0.29, 0.717) is 10.6 Å². The number of aryl methyl sites for hydroxylation is 1. The lowest BCUT2D eigenvalue weighted by atomic mass is 10.0. The van der Waals surface area contributed by atoms with Crippen molar-refractivity contribution in [3.8, 4) is 0 Å². The van der Waals surface area contributed by atoms with E-state index in [-0.39, 0.29) is 22.3 Å². The van der Waals surface area contributed by atoms with Gasteiger partial charge < -0.3 is 5.73 Å². The molecule has 0 radical (unpaired) electrons. The molecule has 2 N–H and O–H groups in total. The predicted octanol–water partition coefficient (Wildman–Crippen LogP) is 2.91. The molecule has 0 spiro atoms. The fraction of sp³-hybridized carbons (Fsp3) is 0.0833. The maximum absolute atomic E-state index is 12.3. The summed E-state index contributed by atoms with van der Waals surface area (Å²) in [5, 5.41) is 0.558. The summed E-state index contributed by atoms with van der Waals surface area (Å²) < 4.78 is 0. The third kappa shape index (κ3) is 2.30. The van der Waals surface area contributed by atoms with Gasteiger partial charge >= 0.3 is 0 Å². The first kappa shape index (κ1) is 12.8. The van der Waals surface area contributed by atoms with Crippen LogP contribution in [0, 0.1) is 6.92 Å². The number of ketones is 1. The van der Waals surface area contributed by atoms with E-state index in [1.807, 2.05) is 0 Å². The molecule has 2 heterocycles. The topological polar surface area (TPSA) is 68.9 Å². The molecule has 0 aliphatic rings. The van der Waals surface area contributed by atoms with Crippen molar-refractivity contribution >= 4 is 34.8 Å². The number of anilines is 1. The highest BCUT2D eigenvalue weighted by Gasteiger charge is 2.19. The number of aromatic nitrogens is 2. The molecule has 2 aromatic rings. The van der Waals surface area contributed by atoms with Gasteiger partial charge in [-0.3, -0.25) is 4.79 Å². The quantitative estimate of drug-likeness (QED) is 0.860. The van der Waals surface area contributed by atoms with Crippen LogP contribution in [0.1, 0.15) is 21.6 Å². The first-order valence-corrected chi connectivity index (χ1v) is 5.83. The second-order valence-electron chi connectivity index (χ2n) is 3.70. The highest BCUT2D eigenvalue weighted by molar-refractivity contribution is 6.37. The van der Waals surface area contributed by atoms with Gasteiger partial charge in [0.05, 0.1) is 15.6 Å². The normalized spacial score (nSPS) is 10.4. The van der Waals surface area contributed by atoms with Crippen LogP contribution in [-0.2, 0) is 0 Å². The first-order valence-electron chi connectivity index (χ1n) is 5.07. The summed E-state index contributed by atoms with van der Waals surface area (Å²) in [6.07, 6.45) is 2.90. The molecule has 0 bridgehead atoms. The molecule has 0 atom stereocenters. The average Bonchev–Trinajstić information content (AvgIpc) is 2.28. The van der Waals surface area contributed by atoms with Gasteiger partial charge in [-0.15, -0.1) is 0 Å². The van der Waals surface area contributed by atoms with Crippen LogP contribution in [0.25, 0.3) is 0 Å². The Morgan fingerprint density at radius 1 is 1.33 bits per heavy atom. The van der Waals surface area contributed by atoms with Gasteiger partial charge in [0.1, 0.15) is 11.5 Å². The molecule has 0 saturated carbocycles. The van der Waals surface area contributed by atoms with Crippen molar-refractivity contribution < 1.29 is 4.79 Å². The minimum atomic E-state index is -0.361. The summed E-state index contributed by atoms with van der Waals surface area (Å²) in [5.41, 5.74) is 6.86. The lowest BCUT2D eigenvalue weighted by Gasteiger charge is -2.08. The van der Waals surface area contributed by atoms with Gasteiger partial charge in [0.25, 0.3) is 0 Å². The maximum atomic E-state index is 12.3. The monoisotopic (exact) mass is 281 g/mol. The van der Waals surface area contributed by atoms with Gasteiger partial charge in [-0.2, -0.15) is 0 Å². The number of hydrogen-bond donors (Lipinski definition) is 1. The SMILES string of the molecule is Cc1ccnc(N)c1C(=O)c1ncc(Cl)cc1Cl. The van der Waals surface area contributed by atoms with Crippen molar-refractivity contribution in [1.29, 1.82) is 0 Å². The number of nitrogen functional groups attached to an aromatic ring is 1. The largest absolute Gasteiger partial charge is 0.383 e. The number of nitrogens with zero attached hydrogens (tertiary/aromatic N) is 2. The molecule has 0 aliphatic heterocycles. The van der Waals surface area contributed by atoms with Gasteiger partial charge in [0.2, 0.25) is 5.78 Å². The molecular weight excluding hydrogens is 273 g/mol. The molecule has 0 saturated heterocycles. The summed E-state index contributed by atoms with van der Waals surface area (Å²) in [4.78, 5) is 20.1. The van der Waals surface area contributed by atoms with E-state index in [1.165, 1.54) is 12.3 Å². The van der Waals surface area contributed by atoms with Crippen molar-refractivity contribution in [3.05, 3.63) is 51.4 Å². The van der Waals surface area contributed by atoms with E-state index in [1.54, 1.807) is 19.2 Å². The number of hydrogen-bond acceptors (Lipinski definition) is 4. The second kappa shape index (κ2) is 4.92. The smallest absolute Gasteiger partial charge is 0.216 e. The standard InChI is InChI=1S/C12H9Cl2N3O/c1-6-2-3-16-12(15)9(6)11(18)10-8(14)4-7(13)5-17-10/h2-5H,1H3,(H2,15,16). The van der Waals surface area contributed by atoms with Crippen molar-refractivity contribution in [2.75, 3.05) is 5.73 Å². The number of carbonyl (C=O) groups excluding carboxylic acids is 1. The molecule has 2 rings (SSSR count). The molecule has 0 fully saturated rings. The maximum Gasteiger partial charge on any atom is 0.216 e. The first-order chi connectivity index (χ1) is 8.50. The zero-order chi connectivity index (χ0) is 13.3. The summed E-state index contributed by atoms with van der Waals surface area (Å²) in [6.45, 7) is 1.77. The lowest BCUT2D eigenvalue weighted by molar-refractivity contribution is 0.103. The van der Waals surface area contributed by atoms with Crippen LogP contribution >= 0.6 is 23.2 Å². The number of halogens is 2. The van der Waals surface area contributed by atoms with Gasteiger partial charge in [-0.05, 0) is 24.6 Å². The molecule has 4 nitrogen and oxygen atoms in total. The minimum Gasteiger partial charge on any atom is -0.383 e. The number of nitrogens with two attached hydrogens (primary N) is 1. The zero-order valence-corrected chi connectivity index (χ0v) is 11.0. The molecule has 0 amide bonds. The molecule has 0 aliphatic carbocycles. The fourth-order valence-electron chi connectivity index (χ4n) is 1.57. The van der Waals surface area contributed by atoms with Gasteiger partial charge in [0.15, 0.2) is 0 Å². The molecule has 2 aromatic heterocycles. The average molecular weight is 282 g/mol. The minimum absolute atomic E-state index is 0.115. The number of rotatable bonds is 2. The van der Waals surface area contributed by atoms with Crippen LogP contribution in [-0.4, -0.2) is 15.8 Å². The van der Waals surface area contributed by atoms with Crippen molar-refractivity contribution in [1.82, 2.24) is 9.97 Å². The highest BCUT2D eigenvalue weighted by atomic mass is 35.5. The Morgan fingerprint density at radius 3 is 2.67 bits per heavy atom. The number of carbonyl (C=O) groups is 1. The summed E-state index contributed by atoms with van der Waals surface area (Å²) in [5.74, 6) is -0.201. The Hall–Kier alpha value is -1.65. The van der Waals surface area contributed by atoms with E-state index in [0.717, 1.165) is 5.56 Å². The third-order valence-electron chi connectivity index (χ3n) is 2.44. The second-order valence-corrected chi connectivity index (χ2v) is 4.54. The van der Waals surface area contributed by atoms with Gasteiger partial charge in [-0.1, -0.05) is 23.2 Å². The molecular formula is C12H9Cl2N3O. The van der Waals surface area contributed by atoms with Crippen LogP contribution < -0.4 is 5.73 Å². The van der Waals surface area contributed by atoms with E-state index in [4.69, 9.17) is 28.9 Å². The van der Waals surface area contributed by atoms with E-state index in [2.05, 4.69) is 9.97 Å². The van der Waals surface area contributed by atoms with Crippen LogP contribution in [0.4, 0.5) is 5.82 Å². The number of pyridine rings is 2. The van der Waals surface area contributed by atoms with E-state index >= 15 is 0 Å². The lowest BCUT2D eigenvalue weighted by Crippen LogP contribution is -2.11. The predicted molar refractivity (Wildman–Crippen MR) is 71.1 cm³/mol. The molecule has 92 valence electrons. The van der Waals surface area contributed by atoms with Crippen molar-refractivity contribution in [2.45, 2.75) is 6.92 Å². The Morgan fingerprint density at radius 2 is 2.06 bits per heavy atom. The summed E-state index contributed by atoms with van der Waals surface area (Å²) in [6, 6.07) is 3.17. The fourth-order valence-corrected chi connectivity index (χ4v) is 2.04. The Bertz CT molecular complexity index is 608. The van der Waals surface area contributed by atoms with Crippen LogP contribution in [0.3, 0.4) is 0 Å². The summed E-state index contributed by atoms with van der Waals surface area (Å²) in [7, 11) is 0. The Kier molecular flexibility index (Phi) is 3.50. The molecule has 18 heavy (non-hydrogen) atoms. The molecule has 0 unspecified atom stereocenters. The molecule has 0 aromatic carbocycles. The van der Waals surface area contributed by atoms with Crippen LogP contribution in [0.5, 0.6) is 0 Å². The summed E-state index contributed by atoms with van der Waals surface area (Å²) >= 11 is 11.7. The van der Waals surface area contributed by atoms with Crippen LogP contribution in [0.2, 0.25) is 10.0 Å². The third-order valence-corrected chi connectivity index (χ3v) is 2.93. The Labute approximate surface area is 114 Å². The van der Waals surface area contributed by atoms with Crippen molar-refractivity contribution in [2.24, 2.45) is 0 Å². The van der Waals surface area contributed by atoms with E-state index < -0.39 is 0 Å². The van der Waals surface area contributed by atoms with Gasteiger partial charge in [0, 0.05) is 12.4 Å². The van der Waals surface area contributed by atoms with Crippen LogP contribution in [0.15, 0.2) is 24.5 Å². The molecule has 6 heteroatoms. The highest BCUT2D eigenvalue weighted by Crippen LogP contribution is 2.24. The van der Waals surface area contributed by atoms with Crippen molar-refractivity contribution in [3.63, 3.8) is 0 Å². The zero-order valence-electron chi connectivity index (χ0n) is 9.45. The van der Waals surface area contributed by atoms with Gasteiger partial charge in [-0.25, -0.2) is 9.97 Å². The Balaban J connectivity index is 2.55.